The Bertz CT molecular complexity index is 770. The fraction of sp³-hybridized carbons (Fsp3) is 0.500. The van der Waals surface area contributed by atoms with Gasteiger partial charge in [-0.2, -0.15) is 10.1 Å². The number of hydrogen-bond acceptors (Lipinski definition) is 9. The molecule has 0 aliphatic carbocycles. The number of nitro groups is 1. The summed E-state index contributed by atoms with van der Waals surface area (Å²) in [6, 6.07) is 5.04. The number of aliphatic imine (C=N–C) groups is 2. The smallest absolute Gasteiger partial charge is 0.283 e. The Hall–Kier alpha value is -2.33. The standard InChI is InChI=1S/C16H24N6O3S/c1-15(2,3)26-12-7-6-10(8-11(12)22(23)24)9-25-21-14(18)19-13(17)20-16(21,4)5/h6-8H,9H2,1-5H3,(H4,17,18,19,20). The molecule has 1 heterocycles. The van der Waals surface area contributed by atoms with Crippen LogP contribution in [0.15, 0.2) is 33.1 Å². The topological polar surface area (TPSA) is 132 Å². The van der Waals surface area contributed by atoms with E-state index in [0.29, 0.717) is 10.5 Å². The molecule has 0 unspecified atom stereocenters. The lowest BCUT2D eigenvalue weighted by atomic mass is 10.2. The summed E-state index contributed by atoms with van der Waals surface area (Å²) in [5.41, 5.74) is 11.3. The minimum absolute atomic E-state index is 0.0489. The van der Waals surface area contributed by atoms with E-state index in [-0.39, 0.29) is 33.9 Å². The van der Waals surface area contributed by atoms with Gasteiger partial charge in [-0.05, 0) is 25.5 Å². The van der Waals surface area contributed by atoms with Crippen LogP contribution in [0.5, 0.6) is 0 Å². The van der Waals surface area contributed by atoms with Crippen LogP contribution in [0.3, 0.4) is 0 Å². The Kier molecular flexibility index (Phi) is 5.47. The van der Waals surface area contributed by atoms with E-state index >= 15 is 0 Å². The first-order chi connectivity index (χ1) is 11.9. The lowest BCUT2D eigenvalue weighted by Gasteiger charge is -2.36. The van der Waals surface area contributed by atoms with Gasteiger partial charge in [-0.1, -0.05) is 26.8 Å². The van der Waals surface area contributed by atoms with Crippen molar-refractivity contribution in [2.45, 2.75) is 56.5 Å². The van der Waals surface area contributed by atoms with Crippen LogP contribution in [0, 0.1) is 10.1 Å². The van der Waals surface area contributed by atoms with Crippen LogP contribution in [-0.2, 0) is 11.4 Å². The second-order valence-electron chi connectivity index (χ2n) is 7.28. The molecule has 0 bridgehead atoms. The predicted molar refractivity (Wildman–Crippen MR) is 103 cm³/mol. The van der Waals surface area contributed by atoms with Gasteiger partial charge in [0.25, 0.3) is 5.69 Å². The average Bonchev–Trinajstić information content (AvgIpc) is 2.44. The van der Waals surface area contributed by atoms with E-state index in [9.17, 15) is 10.1 Å². The molecule has 1 aliphatic heterocycles. The van der Waals surface area contributed by atoms with E-state index in [0.717, 1.165) is 0 Å². The molecular formula is C16H24N6O3S. The summed E-state index contributed by atoms with van der Waals surface area (Å²) < 4.78 is -0.135. The summed E-state index contributed by atoms with van der Waals surface area (Å²) in [6.07, 6.45) is 0. The third-order valence-corrected chi connectivity index (χ3v) is 4.50. The second kappa shape index (κ2) is 7.12. The van der Waals surface area contributed by atoms with Crippen LogP contribution in [0.1, 0.15) is 40.2 Å². The van der Waals surface area contributed by atoms with Crippen molar-refractivity contribution in [1.82, 2.24) is 5.06 Å². The molecule has 0 radical (unpaired) electrons. The van der Waals surface area contributed by atoms with Crippen LogP contribution in [-0.4, -0.2) is 32.3 Å². The minimum atomic E-state index is -0.829. The molecule has 2 rings (SSSR count). The van der Waals surface area contributed by atoms with E-state index in [1.165, 1.54) is 22.9 Å². The minimum Gasteiger partial charge on any atom is -0.368 e. The van der Waals surface area contributed by atoms with Gasteiger partial charge in [0.1, 0.15) is 6.61 Å². The van der Waals surface area contributed by atoms with Crippen molar-refractivity contribution in [2.75, 3.05) is 0 Å². The average molecular weight is 380 g/mol. The normalized spacial score (nSPS) is 16.9. The molecule has 0 aromatic heterocycles. The number of rotatable bonds is 5. The Morgan fingerprint density at radius 3 is 2.54 bits per heavy atom. The van der Waals surface area contributed by atoms with E-state index in [2.05, 4.69) is 9.98 Å². The Labute approximate surface area is 156 Å². The lowest BCUT2D eigenvalue weighted by Crippen LogP contribution is -2.53. The quantitative estimate of drug-likeness (QED) is 0.456. The highest BCUT2D eigenvalue weighted by Gasteiger charge is 2.33. The zero-order valence-electron chi connectivity index (χ0n) is 15.5. The second-order valence-corrected chi connectivity index (χ2v) is 9.14. The van der Waals surface area contributed by atoms with Crippen LogP contribution >= 0.6 is 11.8 Å². The number of nitrogens with zero attached hydrogens (tertiary/aromatic N) is 4. The molecule has 4 N–H and O–H groups in total. The van der Waals surface area contributed by atoms with Crippen molar-refractivity contribution in [1.29, 1.82) is 0 Å². The molecule has 0 atom stereocenters. The fourth-order valence-electron chi connectivity index (χ4n) is 2.37. The van der Waals surface area contributed by atoms with Gasteiger partial charge < -0.3 is 11.5 Å². The summed E-state index contributed by atoms with van der Waals surface area (Å²) in [6.45, 7) is 9.64. The van der Waals surface area contributed by atoms with Crippen molar-refractivity contribution in [3.05, 3.63) is 33.9 Å². The molecule has 1 aromatic carbocycles. The van der Waals surface area contributed by atoms with E-state index in [1.807, 2.05) is 20.8 Å². The molecule has 0 amide bonds. The molecule has 1 aliphatic rings. The molecule has 10 heteroatoms. The first-order valence-electron chi connectivity index (χ1n) is 7.98. The highest BCUT2D eigenvalue weighted by atomic mass is 32.2. The molecule has 0 fully saturated rings. The third-order valence-electron chi connectivity index (χ3n) is 3.32. The Morgan fingerprint density at radius 2 is 2.00 bits per heavy atom. The fourth-order valence-corrected chi connectivity index (χ4v) is 3.40. The number of benzene rings is 1. The number of guanidine groups is 2. The largest absolute Gasteiger partial charge is 0.368 e. The first-order valence-corrected chi connectivity index (χ1v) is 8.80. The van der Waals surface area contributed by atoms with Gasteiger partial charge in [-0.15, -0.1) is 11.8 Å². The zero-order valence-corrected chi connectivity index (χ0v) is 16.3. The van der Waals surface area contributed by atoms with Crippen LogP contribution in [0.4, 0.5) is 5.69 Å². The molecular weight excluding hydrogens is 356 g/mol. The number of hydrogen-bond donors (Lipinski definition) is 2. The van der Waals surface area contributed by atoms with Crippen molar-refractivity contribution in [3.63, 3.8) is 0 Å². The third kappa shape index (κ3) is 4.85. The van der Waals surface area contributed by atoms with Gasteiger partial charge in [-0.3, -0.25) is 15.0 Å². The zero-order chi connectivity index (χ0) is 19.7. The molecule has 0 saturated heterocycles. The van der Waals surface area contributed by atoms with Crippen LogP contribution in [0.25, 0.3) is 0 Å². The lowest BCUT2D eigenvalue weighted by molar-refractivity contribution is -0.387. The van der Waals surface area contributed by atoms with Gasteiger partial charge in [0.2, 0.25) is 11.9 Å². The maximum atomic E-state index is 11.4. The monoisotopic (exact) mass is 380 g/mol. The van der Waals surface area contributed by atoms with E-state index in [4.69, 9.17) is 16.3 Å². The van der Waals surface area contributed by atoms with Crippen molar-refractivity contribution in [3.8, 4) is 0 Å². The van der Waals surface area contributed by atoms with Crippen LogP contribution < -0.4 is 11.5 Å². The molecule has 0 saturated carbocycles. The number of nitrogens with two attached hydrogens (primary N) is 2. The summed E-state index contributed by atoms with van der Waals surface area (Å²) in [5, 5.41) is 12.8. The molecule has 142 valence electrons. The molecule has 26 heavy (non-hydrogen) atoms. The number of thioether (sulfide) groups is 1. The number of hydroxylamine groups is 2. The number of nitro benzene ring substituents is 1. The maximum absolute atomic E-state index is 11.4. The Balaban J connectivity index is 2.19. The summed E-state index contributed by atoms with van der Waals surface area (Å²) in [4.78, 5) is 25.4. The van der Waals surface area contributed by atoms with Gasteiger partial charge in [0.15, 0.2) is 5.66 Å². The van der Waals surface area contributed by atoms with Gasteiger partial charge in [-0.25, -0.2) is 4.99 Å². The molecule has 0 spiro atoms. The predicted octanol–water partition coefficient (Wildman–Crippen LogP) is 2.60. The van der Waals surface area contributed by atoms with E-state index in [1.54, 1.807) is 26.0 Å². The molecule has 9 nitrogen and oxygen atoms in total. The highest BCUT2D eigenvalue weighted by Crippen LogP contribution is 2.38. The highest BCUT2D eigenvalue weighted by molar-refractivity contribution is 8.00. The molecule has 1 aromatic rings. The maximum Gasteiger partial charge on any atom is 0.283 e. The Morgan fingerprint density at radius 1 is 1.35 bits per heavy atom. The summed E-state index contributed by atoms with van der Waals surface area (Å²) >= 11 is 1.45. The van der Waals surface area contributed by atoms with Gasteiger partial charge >= 0.3 is 0 Å². The van der Waals surface area contributed by atoms with Gasteiger partial charge in [0, 0.05) is 10.8 Å². The van der Waals surface area contributed by atoms with Crippen LogP contribution in [0.2, 0.25) is 0 Å². The summed E-state index contributed by atoms with van der Waals surface area (Å²) in [7, 11) is 0. The van der Waals surface area contributed by atoms with Gasteiger partial charge in [0.05, 0.1) is 9.82 Å². The van der Waals surface area contributed by atoms with Crippen molar-refractivity contribution >= 4 is 29.4 Å². The van der Waals surface area contributed by atoms with Crippen molar-refractivity contribution < 1.29 is 9.76 Å². The van der Waals surface area contributed by atoms with E-state index < -0.39 is 5.66 Å². The van der Waals surface area contributed by atoms with Crippen molar-refractivity contribution in [2.24, 2.45) is 21.5 Å². The SMILES string of the molecule is CC(C)(C)Sc1ccc(CON2C(N)=NC(N)=NC2(C)C)cc1[N+](=O)[O-]. The first kappa shape index (κ1) is 20.0. The summed E-state index contributed by atoms with van der Waals surface area (Å²) in [5.74, 6) is 0.156.